The summed E-state index contributed by atoms with van der Waals surface area (Å²) >= 11 is 0. The lowest BCUT2D eigenvalue weighted by Crippen LogP contribution is -2.25. The number of nitrogens with zero attached hydrogens (tertiary/aromatic N) is 3. The van der Waals surface area contributed by atoms with E-state index in [0.29, 0.717) is 35.6 Å². The Bertz CT molecular complexity index is 1580. The first-order chi connectivity index (χ1) is 21.4. The van der Waals surface area contributed by atoms with Crippen molar-refractivity contribution in [2.45, 2.75) is 52.1 Å². The highest BCUT2D eigenvalue weighted by atomic mass is 32.2. The van der Waals surface area contributed by atoms with Gasteiger partial charge in [-0.15, -0.1) is 0 Å². The number of sulfonamides is 1. The number of aromatic nitrogens is 2. The van der Waals surface area contributed by atoms with Crippen molar-refractivity contribution < 1.29 is 32.7 Å². The Morgan fingerprint density at radius 3 is 2.33 bits per heavy atom. The fourth-order valence-electron chi connectivity index (χ4n) is 4.08. The number of hydroxylamine groups is 1. The third-order valence-corrected chi connectivity index (χ3v) is 7.68. The zero-order valence-corrected chi connectivity index (χ0v) is 26.5. The average molecular weight is 642 g/mol. The topological polar surface area (TPSA) is 192 Å². The van der Waals surface area contributed by atoms with Gasteiger partial charge in [-0.3, -0.25) is 19.1 Å². The van der Waals surface area contributed by atoms with Crippen molar-refractivity contribution in [3.05, 3.63) is 65.9 Å². The van der Waals surface area contributed by atoms with Gasteiger partial charge in [0.15, 0.2) is 5.82 Å². The Labute approximate surface area is 262 Å². The molecule has 0 bridgehead atoms. The molecule has 15 heteroatoms. The second-order valence-corrected chi connectivity index (χ2v) is 12.5. The van der Waals surface area contributed by atoms with Gasteiger partial charge in [0.2, 0.25) is 21.9 Å². The standard InChI is InChI=1S/C30H39N7O7S/c1-20(2)44-29(40)23-19-32-30(35-27(23)34-24-11-8-9-12-25(24)37(3)45(4,42)43)33-22-16-14-21(15-17-22)28(39)31-18-10-6-5-7-13-26(38)36-41/h8-9,11-12,14-17,19-20,41H,5-7,10,13,18H2,1-4H3,(H,31,39)(H,36,38)(H2,32,33,34,35). The van der Waals surface area contributed by atoms with Crippen molar-refractivity contribution in [1.29, 1.82) is 0 Å². The number of carbonyl (C=O) groups is 3. The number of carbonyl (C=O) groups excluding carboxylic acids is 3. The van der Waals surface area contributed by atoms with Gasteiger partial charge < -0.3 is 20.7 Å². The molecule has 14 nitrogen and oxygen atoms in total. The first-order valence-corrected chi connectivity index (χ1v) is 16.2. The van der Waals surface area contributed by atoms with E-state index < -0.39 is 28.0 Å². The lowest BCUT2D eigenvalue weighted by Gasteiger charge is -2.21. The number of hydrogen-bond acceptors (Lipinski definition) is 11. The van der Waals surface area contributed by atoms with Crippen LogP contribution in [0.2, 0.25) is 0 Å². The highest BCUT2D eigenvalue weighted by Gasteiger charge is 2.21. The van der Waals surface area contributed by atoms with Crippen LogP contribution in [0.25, 0.3) is 0 Å². The lowest BCUT2D eigenvalue weighted by molar-refractivity contribution is -0.129. The summed E-state index contributed by atoms with van der Waals surface area (Å²) in [7, 11) is -2.15. The number of hydrogen-bond donors (Lipinski definition) is 5. The van der Waals surface area contributed by atoms with E-state index in [1.165, 1.54) is 13.2 Å². The van der Waals surface area contributed by atoms with Crippen LogP contribution in [0.1, 0.15) is 66.7 Å². The van der Waals surface area contributed by atoms with Gasteiger partial charge in [0.1, 0.15) is 5.56 Å². The summed E-state index contributed by atoms with van der Waals surface area (Å²) < 4.78 is 30.9. The number of ether oxygens (including phenoxy) is 1. The van der Waals surface area contributed by atoms with E-state index in [1.54, 1.807) is 67.9 Å². The van der Waals surface area contributed by atoms with E-state index in [2.05, 4.69) is 25.9 Å². The molecule has 0 saturated carbocycles. The maximum atomic E-state index is 12.9. The van der Waals surface area contributed by atoms with E-state index >= 15 is 0 Å². The number of amides is 2. The van der Waals surface area contributed by atoms with Crippen LogP contribution in [0, 0.1) is 0 Å². The van der Waals surface area contributed by atoms with E-state index in [-0.39, 0.29) is 29.7 Å². The van der Waals surface area contributed by atoms with Gasteiger partial charge in [-0.05, 0) is 63.1 Å². The van der Waals surface area contributed by atoms with Gasteiger partial charge in [-0.1, -0.05) is 25.0 Å². The molecule has 0 aliphatic carbocycles. The van der Waals surface area contributed by atoms with Crippen molar-refractivity contribution in [1.82, 2.24) is 20.8 Å². The highest BCUT2D eigenvalue weighted by Crippen LogP contribution is 2.31. The molecule has 0 aliphatic heterocycles. The SMILES string of the molecule is CC(C)OC(=O)c1cnc(Nc2ccc(C(=O)NCCCCCCC(=O)NO)cc2)nc1Nc1ccccc1N(C)S(C)(=O)=O. The van der Waals surface area contributed by atoms with Crippen molar-refractivity contribution in [2.24, 2.45) is 0 Å². The summed E-state index contributed by atoms with van der Waals surface area (Å²) in [5.41, 5.74) is 3.43. The van der Waals surface area contributed by atoms with E-state index in [4.69, 9.17) is 9.94 Å². The summed E-state index contributed by atoms with van der Waals surface area (Å²) in [6, 6.07) is 13.4. The van der Waals surface area contributed by atoms with Crippen molar-refractivity contribution in [3.8, 4) is 0 Å². The molecule has 5 N–H and O–H groups in total. The molecule has 0 unspecified atom stereocenters. The molecule has 1 heterocycles. The second-order valence-electron chi connectivity index (χ2n) is 10.4. The van der Waals surface area contributed by atoms with Gasteiger partial charge in [-0.25, -0.2) is 23.7 Å². The molecule has 1 aromatic heterocycles. The monoisotopic (exact) mass is 641 g/mol. The number of para-hydroxylation sites is 2. The van der Waals surface area contributed by atoms with Crippen LogP contribution in [-0.4, -0.2) is 67.3 Å². The minimum atomic E-state index is -3.58. The molecule has 0 radical (unpaired) electrons. The molecule has 2 aromatic carbocycles. The summed E-state index contributed by atoms with van der Waals surface area (Å²) in [5.74, 6) is -1.05. The average Bonchev–Trinajstić information content (AvgIpc) is 3.00. The molecule has 0 spiro atoms. The van der Waals surface area contributed by atoms with Crippen molar-refractivity contribution in [2.75, 3.05) is 34.8 Å². The molecule has 3 aromatic rings. The number of unbranched alkanes of at least 4 members (excludes halogenated alkanes) is 3. The largest absolute Gasteiger partial charge is 0.459 e. The fraction of sp³-hybridized carbons (Fsp3) is 0.367. The number of nitrogens with one attached hydrogen (secondary N) is 4. The predicted molar refractivity (Wildman–Crippen MR) is 171 cm³/mol. The Hall–Kier alpha value is -4.76. The van der Waals surface area contributed by atoms with Crippen molar-refractivity contribution in [3.63, 3.8) is 0 Å². The van der Waals surface area contributed by atoms with Gasteiger partial charge in [0.25, 0.3) is 5.91 Å². The third kappa shape index (κ3) is 10.7. The Kier molecular flexibility index (Phi) is 12.6. The molecule has 0 aliphatic rings. The van der Waals surface area contributed by atoms with Crippen LogP contribution in [0.15, 0.2) is 54.7 Å². The Morgan fingerprint density at radius 2 is 1.67 bits per heavy atom. The summed E-state index contributed by atoms with van der Waals surface area (Å²) in [6.45, 7) is 3.92. The molecule has 0 atom stereocenters. The smallest absolute Gasteiger partial charge is 0.343 e. The molecule has 3 rings (SSSR count). The van der Waals surface area contributed by atoms with Gasteiger partial charge in [0.05, 0.1) is 23.7 Å². The number of anilines is 5. The summed E-state index contributed by atoms with van der Waals surface area (Å²) in [5, 5.41) is 17.5. The predicted octanol–water partition coefficient (Wildman–Crippen LogP) is 4.11. The second kappa shape index (κ2) is 16.4. The van der Waals surface area contributed by atoms with E-state index in [1.807, 2.05) is 0 Å². The maximum absolute atomic E-state index is 12.9. The molecular formula is C30H39N7O7S. The van der Waals surface area contributed by atoms with Crippen LogP contribution < -0.4 is 25.7 Å². The van der Waals surface area contributed by atoms with Gasteiger partial charge in [-0.2, -0.15) is 4.98 Å². The van der Waals surface area contributed by atoms with Crippen LogP contribution in [-0.2, 0) is 19.6 Å². The normalized spacial score (nSPS) is 11.1. The molecule has 2 amide bonds. The minimum Gasteiger partial charge on any atom is -0.459 e. The summed E-state index contributed by atoms with van der Waals surface area (Å²) in [6.07, 6.45) is 5.34. The fourth-order valence-corrected chi connectivity index (χ4v) is 4.60. The summed E-state index contributed by atoms with van der Waals surface area (Å²) in [4.78, 5) is 45.2. The zero-order valence-electron chi connectivity index (χ0n) is 25.7. The number of benzene rings is 2. The van der Waals surface area contributed by atoms with Crippen LogP contribution in [0.3, 0.4) is 0 Å². The quantitative estimate of drug-likeness (QED) is 0.0654. The molecule has 0 fully saturated rings. The van der Waals surface area contributed by atoms with Crippen molar-refractivity contribution >= 4 is 56.6 Å². The van der Waals surface area contributed by atoms with Gasteiger partial charge >= 0.3 is 5.97 Å². The Balaban J connectivity index is 1.71. The van der Waals surface area contributed by atoms with E-state index in [9.17, 15) is 22.8 Å². The van der Waals surface area contributed by atoms with Crippen LogP contribution in [0.4, 0.5) is 28.8 Å². The molecule has 45 heavy (non-hydrogen) atoms. The number of rotatable bonds is 16. The molecular weight excluding hydrogens is 602 g/mol. The lowest BCUT2D eigenvalue weighted by atomic mass is 10.1. The van der Waals surface area contributed by atoms with Gasteiger partial charge in [0, 0.05) is 37.5 Å². The van der Waals surface area contributed by atoms with Crippen LogP contribution in [0.5, 0.6) is 0 Å². The first kappa shape index (κ1) is 34.7. The Morgan fingerprint density at radius 1 is 0.978 bits per heavy atom. The third-order valence-electron chi connectivity index (χ3n) is 6.49. The highest BCUT2D eigenvalue weighted by molar-refractivity contribution is 7.92. The van der Waals surface area contributed by atoms with E-state index in [0.717, 1.165) is 29.8 Å². The molecule has 0 saturated heterocycles. The minimum absolute atomic E-state index is 0.0498. The van der Waals surface area contributed by atoms with Crippen LogP contribution >= 0.6 is 0 Å². The molecule has 242 valence electrons. The number of esters is 1. The first-order valence-electron chi connectivity index (χ1n) is 14.3. The maximum Gasteiger partial charge on any atom is 0.343 e. The zero-order chi connectivity index (χ0) is 33.0.